The summed E-state index contributed by atoms with van der Waals surface area (Å²) in [7, 11) is 1.34. The van der Waals surface area contributed by atoms with Crippen LogP contribution in [-0.4, -0.2) is 36.2 Å². The minimum Gasteiger partial charge on any atom is -0.511 e. The number of aliphatic hydroxyl groups excluding tert-OH is 1. The molecule has 0 amide bonds. The maximum absolute atomic E-state index is 13.2. The van der Waals surface area contributed by atoms with Crippen molar-refractivity contribution in [1.82, 2.24) is 0 Å². The number of fused-ring (bicyclic) bond motifs is 5. The predicted octanol–water partition coefficient (Wildman–Crippen LogP) is 3.21. The third-order valence-corrected chi connectivity index (χ3v) is 6.13. The predicted molar refractivity (Wildman–Crippen MR) is 100 cm³/mol. The van der Waals surface area contributed by atoms with Crippen LogP contribution in [0, 0.1) is 38.5 Å². The molecule has 3 aliphatic rings. The number of ether oxygens (including phenoxy) is 2. The maximum atomic E-state index is 13.2. The number of methoxy groups -OCH3 is 1. The van der Waals surface area contributed by atoms with Crippen LogP contribution in [0.3, 0.4) is 0 Å². The van der Waals surface area contributed by atoms with Crippen molar-refractivity contribution in [3.05, 3.63) is 52.3 Å². The summed E-state index contributed by atoms with van der Waals surface area (Å²) >= 11 is 0. The Balaban J connectivity index is 1.71. The second-order valence-corrected chi connectivity index (χ2v) is 7.87. The molecule has 27 heavy (non-hydrogen) atoms. The first-order valence-corrected chi connectivity index (χ1v) is 9.30. The van der Waals surface area contributed by atoms with E-state index in [-0.39, 0.29) is 41.5 Å². The summed E-state index contributed by atoms with van der Waals surface area (Å²) in [6, 6.07) is 4.08. The summed E-state index contributed by atoms with van der Waals surface area (Å²) in [5.41, 5.74) is 4.43. The number of carbonyl (C=O) groups excluding carboxylic acids is 2. The number of carbonyl (C=O) groups is 2. The molecule has 0 unspecified atom stereocenters. The van der Waals surface area contributed by atoms with Gasteiger partial charge in [0.1, 0.15) is 5.76 Å². The van der Waals surface area contributed by atoms with Gasteiger partial charge in [-0.2, -0.15) is 0 Å². The number of hydrogen-bond acceptors (Lipinski definition) is 5. The van der Waals surface area contributed by atoms with Gasteiger partial charge in [-0.25, -0.2) is 4.79 Å². The highest BCUT2D eigenvalue weighted by atomic mass is 16.5. The van der Waals surface area contributed by atoms with Crippen LogP contribution in [0.1, 0.15) is 28.7 Å². The summed E-state index contributed by atoms with van der Waals surface area (Å²) in [5.74, 6) is -0.959. The molecule has 1 aliphatic carbocycles. The number of allylic oxidation sites excluding steroid dienone is 1. The molecule has 1 N–H and O–H groups in total. The molecule has 2 saturated heterocycles. The van der Waals surface area contributed by atoms with E-state index in [1.165, 1.54) is 13.2 Å². The van der Waals surface area contributed by atoms with Gasteiger partial charge in [-0.1, -0.05) is 23.8 Å². The van der Waals surface area contributed by atoms with Crippen LogP contribution in [0.25, 0.3) is 5.57 Å². The number of esters is 1. The third kappa shape index (κ3) is 2.64. The molecule has 0 saturated carbocycles. The monoisotopic (exact) mass is 368 g/mol. The molecule has 2 aliphatic heterocycles. The standard InChI is InChI=1S/C22H24O5/c1-10-7-11(2)16(12(3)8-10)18-20(24)17-14-9-13(5-6-15(23)26-4)22(27-14)19(17)21(18)25/h5-8,13-14,17,19,22,25H,9H2,1-4H3/b6-5+/t13-,14+,17+,19-,22-/m1/s1. The molecule has 1 aromatic carbocycles. The molecule has 0 aromatic heterocycles. The Morgan fingerprint density at radius 1 is 1.22 bits per heavy atom. The lowest BCUT2D eigenvalue weighted by Crippen LogP contribution is -2.33. The van der Waals surface area contributed by atoms with Gasteiger partial charge in [-0.15, -0.1) is 0 Å². The van der Waals surface area contributed by atoms with Gasteiger partial charge >= 0.3 is 5.97 Å². The minimum absolute atomic E-state index is 0.00939. The van der Waals surface area contributed by atoms with E-state index in [2.05, 4.69) is 4.74 Å². The van der Waals surface area contributed by atoms with E-state index in [9.17, 15) is 14.7 Å². The van der Waals surface area contributed by atoms with Crippen molar-refractivity contribution in [2.45, 2.75) is 39.4 Å². The topological polar surface area (TPSA) is 72.8 Å². The number of hydrogen-bond donors (Lipinski definition) is 1. The molecule has 142 valence electrons. The van der Waals surface area contributed by atoms with Gasteiger partial charge in [0.2, 0.25) is 0 Å². The molecule has 0 radical (unpaired) electrons. The number of benzene rings is 1. The van der Waals surface area contributed by atoms with Crippen LogP contribution in [0.15, 0.2) is 30.0 Å². The van der Waals surface area contributed by atoms with Crippen LogP contribution in [0.2, 0.25) is 0 Å². The highest BCUT2D eigenvalue weighted by Gasteiger charge is 2.62. The van der Waals surface area contributed by atoms with Gasteiger partial charge < -0.3 is 14.6 Å². The SMILES string of the molecule is COC(=O)/C=C/[C@@H]1C[C@@H]2O[C@H]1[C@H]1C(O)=C(c3c(C)cc(C)cc3C)C(=O)[C@H]12. The Kier molecular flexibility index (Phi) is 4.22. The lowest BCUT2D eigenvalue weighted by molar-refractivity contribution is -0.134. The highest BCUT2D eigenvalue weighted by molar-refractivity contribution is 6.26. The molecule has 2 fully saturated rings. The number of aryl methyl sites for hydroxylation is 3. The van der Waals surface area contributed by atoms with Crippen LogP contribution in [0.4, 0.5) is 0 Å². The maximum Gasteiger partial charge on any atom is 0.330 e. The Morgan fingerprint density at radius 2 is 1.89 bits per heavy atom. The van der Waals surface area contributed by atoms with E-state index in [0.29, 0.717) is 12.0 Å². The summed E-state index contributed by atoms with van der Waals surface area (Å²) < 4.78 is 10.7. The second-order valence-electron chi connectivity index (χ2n) is 7.87. The van der Waals surface area contributed by atoms with E-state index in [4.69, 9.17) is 4.74 Å². The van der Waals surface area contributed by atoms with E-state index in [1.54, 1.807) is 6.08 Å². The lowest BCUT2D eigenvalue weighted by Gasteiger charge is -2.25. The van der Waals surface area contributed by atoms with Crippen molar-refractivity contribution in [3.63, 3.8) is 0 Å². The molecular weight excluding hydrogens is 344 g/mol. The van der Waals surface area contributed by atoms with E-state index < -0.39 is 5.97 Å². The van der Waals surface area contributed by atoms with Gasteiger partial charge in [0.05, 0.1) is 36.7 Å². The van der Waals surface area contributed by atoms with Crippen LogP contribution >= 0.6 is 0 Å². The highest BCUT2D eigenvalue weighted by Crippen LogP contribution is 2.56. The number of ketones is 1. The van der Waals surface area contributed by atoms with Crippen molar-refractivity contribution in [1.29, 1.82) is 0 Å². The molecule has 2 heterocycles. The summed E-state index contributed by atoms with van der Waals surface area (Å²) in [5, 5.41) is 11.0. The lowest BCUT2D eigenvalue weighted by atomic mass is 9.74. The average molecular weight is 368 g/mol. The van der Waals surface area contributed by atoms with Crippen molar-refractivity contribution in [3.8, 4) is 0 Å². The fourth-order valence-electron chi connectivity index (χ4n) is 5.18. The molecule has 0 spiro atoms. The first-order chi connectivity index (χ1) is 12.8. The number of aliphatic hydroxyl groups is 1. The molecule has 4 rings (SSSR count). The summed E-state index contributed by atoms with van der Waals surface area (Å²) in [6.45, 7) is 5.98. The van der Waals surface area contributed by atoms with Gasteiger partial charge in [-0.3, -0.25) is 4.79 Å². The van der Waals surface area contributed by atoms with Crippen molar-refractivity contribution < 1.29 is 24.2 Å². The fraction of sp³-hybridized carbons (Fsp3) is 0.455. The van der Waals surface area contributed by atoms with Crippen LogP contribution in [-0.2, 0) is 19.1 Å². The van der Waals surface area contributed by atoms with Crippen LogP contribution in [0.5, 0.6) is 0 Å². The van der Waals surface area contributed by atoms with E-state index in [1.807, 2.05) is 32.9 Å². The summed E-state index contributed by atoms with van der Waals surface area (Å²) in [4.78, 5) is 24.6. The molecular formula is C22H24O5. The molecule has 5 nitrogen and oxygen atoms in total. The molecule has 2 bridgehead atoms. The molecule has 5 atom stereocenters. The largest absolute Gasteiger partial charge is 0.511 e. The molecule has 1 aromatic rings. The number of rotatable bonds is 3. The Labute approximate surface area is 158 Å². The van der Waals surface area contributed by atoms with E-state index in [0.717, 1.165) is 22.3 Å². The van der Waals surface area contributed by atoms with Crippen molar-refractivity contribution in [2.75, 3.05) is 7.11 Å². The van der Waals surface area contributed by atoms with Crippen molar-refractivity contribution in [2.24, 2.45) is 17.8 Å². The molecule has 5 heteroatoms. The first-order valence-electron chi connectivity index (χ1n) is 9.30. The van der Waals surface area contributed by atoms with Gasteiger partial charge in [0, 0.05) is 12.0 Å². The Morgan fingerprint density at radius 3 is 2.52 bits per heavy atom. The van der Waals surface area contributed by atoms with Gasteiger partial charge in [0.15, 0.2) is 5.78 Å². The van der Waals surface area contributed by atoms with Gasteiger partial charge in [0.25, 0.3) is 0 Å². The zero-order valence-corrected chi connectivity index (χ0v) is 16.0. The number of Topliss-reactive ketones (excluding diaryl/α,β-unsaturated/α-hetero) is 1. The Bertz CT molecular complexity index is 871. The van der Waals surface area contributed by atoms with Gasteiger partial charge in [-0.05, 0) is 43.9 Å². The zero-order valence-electron chi connectivity index (χ0n) is 16.0. The quantitative estimate of drug-likeness (QED) is 0.655. The Hall–Kier alpha value is -2.40. The third-order valence-electron chi connectivity index (χ3n) is 6.13. The zero-order chi connectivity index (χ0) is 19.5. The van der Waals surface area contributed by atoms with Crippen LogP contribution < -0.4 is 0 Å². The smallest absolute Gasteiger partial charge is 0.330 e. The average Bonchev–Trinajstić information content (AvgIpc) is 3.25. The fourth-order valence-corrected chi connectivity index (χ4v) is 5.18. The second kappa shape index (κ2) is 6.34. The normalized spacial score (nSPS) is 31.9. The van der Waals surface area contributed by atoms with Crippen molar-refractivity contribution >= 4 is 17.3 Å². The summed E-state index contributed by atoms with van der Waals surface area (Å²) in [6.07, 6.45) is 3.36. The van der Waals surface area contributed by atoms with E-state index >= 15 is 0 Å². The minimum atomic E-state index is -0.414. The first kappa shape index (κ1) is 18.0.